The van der Waals surface area contributed by atoms with E-state index >= 15 is 0 Å². The Morgan fingerprint density at radius 3 is 2.58 bits per heavy atom. The van der Waals surface area contributed by atoms with Crippen LogP contribution >= 0.6 is 0 Å². The molecule has 0 aliphatic carbocycles. The van der Waals surface area contributed by atoms with E-state index in [1.165, 1.54) is 17.7 Å². The lowest BCUT2D eigenvalue weighted by Crippen LogP contribution is -2.00. The average Bonchev–Trinajstić information content (AvgIpc) is 2.38. The molecule has 0 aliphatic heterocycles. The van der Waals surface area contributed by atoms with Gasteiger partial charge in [0.15, 0.2) is 0 Å². The molecule has 0 atom stereocenters. The van der Waals surface area contributed by atoms with Crippen molar-refractivity contribution in [2.24, 2.45) is 11.7 Å². The summed E-state index contributed by atoms with van der Waals surface area (Å²) in [5, 5.41) is 0. The van der Waals surface area contributed by atoms with Gasteiger partial charge in [-0.1, -0.05) is 44.2 Å². The fourth-order valence-electron chi connectivity index (χ4n) is 2.35. The molecular formula is C17H20FN. The van der Waals surface area contributed by atoms with Crippen molar-refractivity contribution in [3.05, 3.63) is 59.4 Å². The molecule has 0 spiro atoms. The van der Waals surface area contributed by atoms with Crippen molar-refractivity contribution < 1.29 is 4.39 Å². The molecule has 0 bridgehead atoms. The van der Waals surface area contributed by atoms with Gasteiger partial charge in [0.05, 0.1) is 0 Å². The maximum absolute atomic E-state index is 13.2. The Hall–Kier alpha value is -1.67. The predicted molar refractivity (Wildman–Crippen MR) is 78.3 cm³/mol. The molecule has 2 N–H and O–H groups in total. The van der Waals surface area contributed by atoms with Crippen LogP contribution in [0, 0.1) is 11.7 Å². The highest BCUT2D eigenvalue weighted by atomic mass is 19.1. The van der Waals surface area contributed by atoms with Crippen LogP contribution in [0.25, 0.3) is 11.1 Å². The summed E-state index contributed by atoms with van der Waals surface area (Å²) in [6.07, 6.45) is 1.05. The number of hydrogen-bond donors (Lipinski definition) is 1. The Bertz CT molecular complexity index is 561. The van der Waals surface area contributed by atoms with Gasteiger partial charge in [-0.15, -0.1) is 0 Å². The van der Waals surface area contributed by atoms with Gasteiger partial charge in [-0.3, -0.25) is 0 Å². The molecule has 0 heterocycles. The highest BCUT2D eigenvalue weighted by Crippen LogP contribution is 2.26. The summed E-state index contributed by atoms with van der Waals surface area (Å²) in [6, 6.07) is 13.2. The van der Waals surface area contributed by atoms with E-state index in [0.717, 1.165) is 23.1 Å². The monoisotopic (exact) mass is 257 g/mol. The molecule has 19 heavy (non-hydrogen) atoms. The summed E-state index contributed by atoms with van der Waals surface area (Å²) in [6.45, 7) is 4.76. The van der Waals surface area contributed by atoms with Gasteiger partial charge in [0.2, 0.25) is 0 Å². The number of nitrogens with two attached hydrogens (primary N) is 1. The Morgan fingerprint density at radius 1 is 1.11 bits per heavy atom. The lowest BCUT2D eigenvalue weighted by Gasteiger charge is -2.11. The van der Waals surface area contributed by atoms with Crippen LogP contribution in [0.3, 0.4) is 0 Å². The predicted octanol–water partition coefficient (Wildman–Crippen LogP) is 4.15. The average molecular weight is 257 g/mol. The van der Waals surface area contributed by atoms with Crippen molar-refractivity contribution in [2.75, 3.05) is 0 Å². The number of halogens is 1. The summed E-state index contributed by atoms with van der Waals surface area (Å²) in [5.41, 5.74) is 10.00. The number of rotatable bonds is 4. The molecule has 0 saturated heterocycles. The van der Waals surface area contributed by atoms with Crippen LogP contribution < -0.4 is 5.73 Å². The molecule has 2 aromatic rings. The van der Waals surface area contributed by atoms with Gasteiger partial charge in [0.1, 0.15) is 5.82 Å². The lowest BCUT2D eigenvalue weighted by atomic mass is 9.95. The van der Waals surface area contributed by atoms with Gasteiger partial charge in [0.25, 0.3) is 0 Å². The lowest BCUT2D eigenvalue weighted by molar-refractivity contribution is 0.625. The molecule has 2 rings (SSSR count). The molecule has 0 fully saturated rings. The minimum Gasteiger partial charge on any atom is -0.326 e. The molecule has 0 saturated carbocycles. The maximum atomic E-state index is 13.2. The molecule has 0 amide bonds. The van der Waals surface area contributed by atoms with Crippen molar-refractivity contribution in [3.8, 4) is 11.1 Å². The second kappa shape index (κ2) is 5.98. The molecular weight excluding hydrogens is 237 g/mol. The Balaban J connectivity index is 2.41. The minimum absolute atomic E-state index is 0.234. The summed E-state index contributed by atoms with van der Waals surface area (Å²) in [4.78, 5) is 0. The third kappa shape index (κ3) is 3.42. The first-order valence-electron chi connectivity index (χ1n) is 6.68. The molecule has 0 aliphatic rings. The molecule has 1 nitrogen and oxygen atoms in total. The molecule has 0 aromatic heterocycles. The Kier molecular flexibility index (Phi) is 4.33. The van der Waals surface area contributed by atoms with Crippen LogP contribution in [-0.2, 0) is 13.0 Å². The SMILES string of the molecule is CC(C)Cc1cccc(-c2ccc(F)cc2CN)c1. The summed E-state index contributed by atoms with van der Waals surface area (Å²) < 4.78 is 13.2. The van der Waals surface area contributed by atoms with Gasteiger partial charge in [0, 0.05) is 6.54 Å². The maximum Gasteiger partial charge on any atom is 0.123 e. The van der Waals surface area contributed by atoms with Crippen LogP contribution in [0.5, 0.6) is 0 Å². The van der Waals surface area contributed by atoms with Gasteiger partial charge in [-0.05, 0) is 46.7 Å². The van der Waals surface area contributed by atoms with Crippen LogP contribution in [0.15, 0.2) is 42.5 Å². The second-order valence-electron chi connectivity index (χ2n) is 5.30. The van der Waals surface area contributed by atoms with Crippen molar-refractivity contribution in [3.63, 3.8) is 0 Å². The smallest absolute Gasteiger partial charge is 0.123 e. The van der Waals surface area contributed by atoms with Crippen LogP contribution in [0.4, 0.5) is 4.39 Å². The van der Waals surface area contributed by atoms with E-state index in [0.29, 0.717) is 12.5 Å². The van der Waals surface area contributed by atoms with Crippen LogP contribution in [0.1, 0.15) is 25.0 Å². The first-order chi connectivity index (χ1) is 9.10. The summed E-state index contributed by atoms with van der Waals surface area (Å²) in [5.74, 6) is 0.389. The highest BCUT2D eigenvalue weighted by Gasteiger charge is 2.07. The molecule has 2 heteroatoms. The van der Waals surface area contributed by atoms with Crippen LogP contribution in [-0.4, -0.2) is 0 Å². The number of benzene rings is 2. The van der Waals surface area contributed by atoms with E-state index in [9.17, 15) is 4.39 Å². The highest BCUT2D eigenvalue weighted by molar-refractivity contribution is 5.68. The molecule has 0 unspecified atom stereocenters. The van der Waals surface area contributed by atoms with E-state index in [1.807, 2.05) is 6.07 Å². The largest absolute Gasteiger partial charge is 0.326 e. The van der Waals surface area contributed by atoms with Gasteiger partial charge < -0.3 is 5.73 Å². The zero-order valence-corrected chi connectivity index (χ0v) is 11.5. The quantitative estimate of drug-likeness (QED) is 0.874. The summed E-state index contributed by atoms with van der Waals surface area (Å²) in [7, 11) is 0. The van der Waals surface area contributed by atoms with Crippen LogP contribution in [0.2, 0.25) is 0 Å². The standard InChI is InChI=1S/C17H20FN/c1-12(2)8-13-4-3-5-14(9-13)17-7-6-16(18)10-15(17)11-19/h3-7,9-10,12H,8,11,19H2,1-2H3. The first kappa shape index (κ1) is 13.8. The first-order valence-corrected chi connectivity index (χ1v) is 6.68. The fraction of sp³-hybridized carbons (Fsp3) is 0.294. The number of hydrogen-bond acceptors (Lipinski definition) is 1. The van der Waals surface area contributed by atoms with E-state index in [2.05, 4.69) is 38.1 Å². The van der Waals surface area contributed by atoms with Crippen molar-refractivity contribution in [1.29, 1.82) is 0 Å². The normalized spacial score (nSPS) is 11.0. The second-order valence-corrected chi connectivity index (χ2v) is 5.30. The zero-order valence-electron chi connectivity index (χ0n) is 11.5. The minimum atomic E-state index is -0.234. The fourth-order valence-corrected chi connectivity index (χ4v) is 2.35. The third-order valence-electron chi connectivity index (χ3n) is 3.17. The van der Waals surface area contributed by atoms with E-state index in [1.54, 1.807) is 0 Å². The molecule has 100 valence electrons. The topological polar surface area (TPSA) is 26.0 Å². The zero-order chi connectivity index (χ0) is 13.8. The Morgan fingerprint density at radius 2 is 1.89 bits per heavy atom. The summed E-state index contributed by atoms with van der Waals surface area (Å²) >= 11 is 0. The van der Waals surface area contributed by atoms with Crippen molar-refractivity contribution in [2.45, 2.75) is 26.8 Å². The van der Waals surface area contributed by atoms with E-state index in [-0.39, 0.29) is 5.82 Å². The van der Waals surface area contributed by atoms with Gasteiger partial charge in [-0.2, -0.15) is 0 Å². The molecule has 2 aromatic carbocycles. The van der Waals surface area contributed by atoms with Gasteiger partial charge >= 0.3 is 0 Å². The third-order valence-corrected chi connectivity index (χ3v) is 3.17. The van der Waals surface area contributed by atoms with Gasteiger partial charge in [-0.25, -0.2) is 4.39 Å². The molecule has 0 radical (unpaired) electrons. The van der Waals surface area contributed by atoms with Crippen molar-refractivity contribution >= 4 is 0 Å². The van der Waals surface area contributed by atoms with Crippen molar-refractivity contribution in [1.82, 2.24) is 0 Å². The Labute approximate surface area is 114 Å². The van der Waals surface area contributed by atoms with E-state index in [4.69, 9.17) is 5.73 Å². The van der Waals surface area contributed by atoms with E-state index < -0.39 is 0 Å².